The van der Waals surface area contributed by atoms with Crippen LogP contribution in [0.4, 0.5) is 5.13 Å². The zero-order valence-electron chi connectivity index (χ0n) is 15.6. The van der Waals surface area contributed by atoms with Crippen LogP contribution in [0.25, 0.3) is 0 Å². The van der Waals surface area contributed by atoms with Crippen molar-refractivity contribution in [2.24, 2.45) is 0 Å². The molecule has 0 aliphatic heterocycles. The van der Waals surface area contributed by atoms with E-state index < -0.39 is 0 Å². The molecule has 0 atom stereocenters. The molecule has 1 N–H and O–H groups in total. The van der Waals surface area contributed by atoms with Crippen molar-refractivity contribution >= 4 is 34.0 Å². The van der Waals surface area contributed by atoms with E-state index in [1.54, 1.807) is 18.2 Å². The Bertz CT molecular complexity index is 944. The van der Waals surface area contributed by atoms with E-state index in [9.17, 15) is 4.79 Å². The quantitative estimate of drug-likeness (QED) is 0.568. The summed E-state index contributed by atoms with van der Waals surface area (Å²) >= 11 is 7.24. The van der Waals surface area contributed by atoms with Crippen molar-refractivity contribution in [1.29, 1.82) is 0 Å². The number of rotatable bonds is 8. The maximum Gasteiger partial charge on any atom is 0.257 e. The lowest BCUT2D eigenvalue weighted by molar-refractivity contribution is 0.102. The van der Waals surface area contributed by atoms with Crippen LogP contribution in [0, 0.1) is 0 Å². The number of halogens is 1. The molecule has 0 aliphatic carbocycles. The molecule has 0 fully saturated rings. The molecule has 2 aromatic carbocycles. The normalized spacial score (nSPS) is 10.5. The Kier molecular flexibility index (Phi) is 6.84. The van der Waals surface area contributed by atoms with Gasteiger partial charge in [-0.05, 0) is 49.7 Å². The van der Waals surface area contributed by atoms with Crippen molar-refractivity contribution in [1.82, 2.24) is 10.2 Å². The number of hydrogen-bond donors (Lipinski definition) is 1. The van der Waals surface area contributed by atoms with Crippen LogP contribution < -0.4 is 14.8 Å². The van der Waals surface area contributed by atoms with Crippen molar-refractivity contribution in [3.63, 3.8) is 0 Å². The molecule has 0 saturated carbocycles. The first-order valence-electron chi connectivity index (χ1n) is 8.86. The summed E-state index contributed by atoms with van der Waals surface area (Å²) in [5.74, 6) is 0.873. The number of aromatic nitrogens is 2. The third-order valence-electron chi connectivity index (χ3n) is 3.76. The van der Waals surface area contributed by atoms with Crippen molar-refractivity contribution in [2.75, 3.05) is 18.5 Å². The molecule has 6 nitrogen and oxygen atoms in total. The van der Waals surface area contributed by atoms with Crippen LogP contribution in [0.2, 0.25) is 5.02 Å². The number of carbonyl (C=O) groups excluding carboxylic acids is 1. The molecule has 3 rings (SSSR count). The molecule has 0 unspecified atom stereocenters. The first kappa shape index (κ1) is 20.1. The molecule has 1 aromatic heterocycles. The standard InChI is InChI=1S/C20H20ClN3O3S/c1-3-26-16-10-7-14(12-17(16)27-4-2)19(25)22-20-24-23-18(28-20)11-13-5-8-15(21)9-6-13/h5-10,12H,3-4,11H2,1-2H3,(H,22,24,25). The fraction of sp³-hybridized carbons (Fsp3) is 0.250. The Morgan fingerprint density at radius 3 is 2.46 bits per heavy atom. The molecule has 0 radical (unpaired) electrons. The average molecular weight is 418 g/mol. The number of nitrogens with one attached hydrogen (secondary N) is 1. The highest BCUT2D eigenvalue weighted by molar-refractivity contribution is 7.15. The van der Waals surface area contributed by atoms with E-state index in [0.717, 1.165) is 10.6 Å². The van der Waals surface area contributed by atoms with Crippen LogP contribution in [0.3, 0.4) is 0 Å². The maximum atomic E-state index is 12.6. The fourth-order valence-electron chi connectivity index (χ4n) is 2.51. The van der Waals surface area contributed by atoms with Gasteiger partial charge in [0.2, 0.25) is 5.13 Å². The topological polar surface area (TPSA) is 73.3 Å². The minimum absolute atomic E-state index is 0.279. The van der Waals surface area contributed by atoms with Gasteiger partial charge in [-0.15, -0.1) is 10.2 Å². The second-order valence-corrected chi connectivity index (χ2v) is 7.28. The number of benzene rings is 2. The molecule has 1 amide bonds. The van der Waals surface area contributed by atoms with Crippen molar-refractivity contribution < 1.29 is 14.3 Å². The first-order chi connectivity index (χ1) is 13.6. The number of nitrogens with zero attached hydrogens (tertiary/aromatic N) is 2. The highest BCUT2D eigenvalue weighted by atomic mass is 35.5. The summed E-state index contributed by atoms with van der Waals surface area (Å²) in [4.78, 5) is 12.6. The van der Waals surface area contributed by atoms with E-state index in [4.69, 9.17) is 21.1 Å². The van der Waals surface area contributed by atoms with E-state index in [2.05, 4.69) is 15.5 Å². The van der Waals surface area contributed by atoms with Gasteiger partial charge in [0.15, 0.2) is 11.5 Å². The zero-order chi connectivity index (χ0) is 19.9. The van der Waals surface area contributed by atoms with Gasteiger partial charge in [-0.3, -0.25) is 10.1 Å². The smallest absolute Gasteiger partial charge is 0.257 e. The molecule has 0 spiro atoms. The second-order valence-electron chi connectivity index (χ2n) is 5.79. The molecule has 28 heavy (non-hydrogen) atoms. The molecule has 0 aliphatic rings. The fourth-order valence-corrected chi connectivity index (χ4v) is 3.41. The highest BCUT2D eigenvalue weighted by Crippen LogP contribution is 2.29. The van der Waals surface area contributed by atoms with Crippen LogP contribution in [0.15, 0.2) is 42.5 Å². The summed E-state index contributed by atoms with van der Waals surface area (Å²) in [5.41, 5.74) is 1.53. The predicted octanol–water partition coefficient (Wildman–Crippen LogP) is 4.83. The SMILES string of the molecule is CCOc1ccc(C(=O)Nc2nnc(Cc3ccc(Cl)cc3)s2)cc1OCC. The molecule has 146 valence electrons. The maximum absolute atomic E-state index is 12.6. The predicted molar refractivity (Wildman–Crippen MR) is 111 cm³/mol. The van der Waals surface area contributed by atoms with Crippen LogP contribution in [-0.4, -0.2) is 29.3 Å². The number of amides is 1. The van der Waals surface area contributed by atoms with Crippen molar-refractivity contribution in [3.05, 3.63) is 63.6 Å². The van der Waals surface area contributed by atoms with E-state index in [1.807, 2.05) is 38.1 Å². The third-order valence-corrected chi connectivity index (χ3v) is 4.85. The largest absolute Gasteiger partial charge is 0.490 e. The van der Waals surface area contributed by atoms with Gasteiger partial charge in [0.1, 0.15) is 5.01 Å². The number of ether oxygens (including phenoxy) is 2. The number of carbonyl (C=O) groups is 1. The van der Waals surface area contributed by atoms with Crippen LogP contribution >= 0.6 is 22.9 Å². The molecule has 3 aromatic rings. The van der Waals surface area contributed by atoms with Crippen LogP contribution in [0.5, 0.6) is 11.5 Å². The molecule has 0 bridgehead atoms. The Balaban J connectivity index is 1.68. The Morgan fingerprint density at radius 1 is 1.04 bits per heavy atom. The van der Waals surface area contributed by atoms with E-state index >= 15 is 0 Å². The zero-order valence-corrected chi connectivity index (χ0v) is 17.1. The lowest BCUT2D eigenvalue weighted by Crippen LogP contribution is -2.12. The van der Waals surface area contributed by atoms with Gasteiger partial charge in [-0.25, -0.2) is 0 Å². The van der Waals surface area contributed by atoms with Crippen LogP contribution in [-0.2, 0) is 6.42 Å². The molecule has 0 saturated heterocycles. The van der Waals surface area contributed by atoms with Crippen LogP contribution in [0.1, 0.15) is 34.8 Å². The summed E-state index contributed by atoms with van der Waals surface area (Å²) < 4.78 is 11.1. The van der Waals surface area contributed by atoms with Gasteiger partial charge in [0, 0.05) is 17.0 Å². The van der Waals surface area contributed by atoms with E-state index in [1.165, 1.54) is 11.3 Å². The average Bonchev–Trinajstić information content (AvgIpc) is 3.12. The minimum atomic E-state index is -0.279. The van der Waals surface area contributed by atoms with Crippen molar-refractivity contribution in [3.8, 4) is 11.5 Å². The summed E-state index contributed by atoms with van der Waals surface area (Å²) in [6.07, 6.45) is 0.627. The van der Waals surface area contributed by atoms with Gasteiger partial charge in [0.25, 0.3) is 5.91 Å². The highest BCUT2D eigenvalue weighted by Gasteiger charge is 2.14. The Labute approximate surface area is 172 Å². The van der Waals surface area contributed by atoms with Gasteiger partial charge in [0.05, 0.1) is 13.2 Å². The van der Waals surface area contributed by atoms with Gasteiger partial charge in [-0.1, -0.05) is 35.1 Å². The number of anilines is 1. The van der Waals surface area contributed by atoms with E-state index in [-0.39, 0.29) is 5.91 Å². The molecule has 8 heteroatoms. The molecule has 1 heterocycles. The summed E-state index contributed by atoms with van der Waals surface area (Å²) in [5, 5.41) is 12.9. The Hall–Kier alpha value is -2.64. The number of hydrogen-bond acceptors (Lipinski definition) is 6. The lowest BCUT2D eigenvalue weighted by atomic mass is 10.2. The molecular formula is C20H20ClN3O3S. The van der Waals surface area contributed by atoms with Gasteiger partial charge in [-0.2, -0.15) is 0 Å². The Morgan fingerprint density at radius 2 is 1.75 bits per heavy atom. The summed E-state index contributed by atoms with van der Waals surface area (Å²) in [7, 11) is 0. The van der Waals surface area contributed by atoms with Crippen molar-refractivity contribution in [2.45, 2.75) is 20.3 Å². The first-order valence-corrected chi connectivity index (χ1v) is 10.1. The summed E-state index contributed by atoms with van der Waals surface area (Å²) in [6.45, 7) is 4.78. The van der Waals surface area contributed by atoms with Gasteiger partial charge < -0.3 is 9.47 Å². The third kappa shape index (κ3) is 5.21. The molecular weight excluding hydrogens is 398 g/mol. The summed E-state index contributed by atoms with van der Waals surface area (Å²) in [6, 6.07) is 12.6. The van der Waals surface area contributed by atoms with E-state index in [0.29, 0.717) is 46.9 Å². The minimum Gasteiger partial charge on any atom is -0.490 e. The second kappa shape index (κ2) is 9.52. The van der Waals surface area contributed by atoms with Gasteiger partial charge >= 0.3 is 0 Å². The monoisotopic (exact) mass is 417 g/mol. The lowest BCUT2D eigenvalue weighted by Gasteiger charge is -2.12.